The maximum atomic E-state index is 12.1. The molecular weight excluding hydrogens is 340 g/mol. The van der Waals surface area contributed by atoms with E-state index in [-0.39, 0.29) is 10.7 Å². The van der Waals surface area contributed by atoms with Crippen LogP contribution < -0.4 is 5.56 Å². The minimum atomic E-state index is -0.182. The molecule has 1 aromatic heterocycles. The van der Waals surface area contributed by atoms with Crippen molar-refractivity contribution in [1.82, 2.24) is 9.55 Å². The summed E-state index contributed by atoms with van der Waals surface area (Å²) >= 11 is 8.98. The highest BCUT2D eigenvalue weighted by Crippen LogP contribution is 2.20. The number of fused-ring (bicyclic) bond motifs is 1. The molecule has 0 spiro atoms. The second-order valence-electron chi connectivity index (χ2n) is 4.42. The monoisotopic (exact) mass is 348 g/mol. The third-order valence-corrected chi connectivity index (χ3v) is 4.39. The summed E-state index contributed by atoms with van der Waals surface area (Å²) in [5.41, 5.74) is 0.888. The van der Waals surface area contributed by atoms with E-state index < -0.39 is 0 Å². The summed E-state index contributed by atoms with van der Waals surface area (Å²) in [4.78, 5) is 16.1. The van der Waals surface area contributed by atoms with Gasteiger partial charge in [-0.1, -0.05) is 54.1 Å². The van der Waals surface area contributed by atoms with E-state index in [2.05, 4.69) is 33.0 Å². The zero-order valence-corrected chi connectivity index (χ0v) is 12.7. The van der Waals surface area contributed by atoms with E-state index in [4.69, 9.17) is 11.6 Å². The molecule has 1 heterocycles. The van der Waals surface area contributed by atoms with Crippen molar-refractivity contribution < 1.29 is 0 Å². The van der Waals surface area contributed by atoms with E-state index in [1.165, 1.54) is 10.9 Å². The van der Waals surface area contributed by atoms with Crippen molar-refractivity contribution in [3.05, 3.63) is 74.3 Å². The zero-order valence-electron chi connectivity index (χ0n) is 10.4. The van der Waals surface area contributed by atoms with Gasteiger partial charge in [0.05, 0.1) is 12.9 Å². The van der Waals surface area contributed by atoms with Gasteiger partial charge in [-0.15, -0.1) is 0 Å². The van der Waals surface area contributed by atoms with Gasteiger partial charge in [-0.25, -0.2) is 4.98 Å². The topological polar surface area (TPSA) is 34.9 Å². The largest absolute Gasteiger partial charge is 0.294 e. The minimum Gasteiger partial charge on any atom is -0.294 e. The van der Waals surface area contributed by atoms with Crippen LogP contribution in [0.15, 0.2) is 58.1 Å². The number of hydrogen-bond donors (Lipinski definition) is 0. The van der Waals surface area contributed by atoms with Gasteiger partial charge in [-0.3, -0.25) is 9.36 Å². The molecule has 0 aliphatic heterocycles. The molecule has 3 rings (SSSR count). The van der Waals surface area contributed by atoms with Gasteiger partial charge in [-0.05, 0) is 32.3 Å². The van der Waals surface area contributed by atoms with Crippen LogP contribution in [0.4, 0.5) is 0 Å². The van der Waals surface area contributed by atoms with Crippen LogP contribution in [0.1, 0.15) is 5.56 Å². The lowest BCUT2D eigenvalue weighted by molar-refractivity contribution is 0.735. The van der Waals surface area contributed by atoms with Crippen LogP contribution in [0.2, 0.25) is 5.15 Å². The number of benzene rings is 2. The molecule has 5 heteroatoms. The summed E-state index contributed by atoms with van der Waals surface area (Å²) in [5.74, 6) is 0. The molecule has 100 valence electrons. The van der Waals surface area contributed by atoms with Gasteiger partial charge in [0, 0.05) is 0 Å². The third-order valence-electron chi connectivity index (χ3n) is 3.16. The predicted octanol–water partition coefficient (Wildman–Crippen LogP) is 3.86. The molecule has 0 aliphatic carbocycles. The van der Waals surface area contributed by atoms with Crippen molar-refractivity contribution in [2.75, 3.05) is 0 Å². The average Bonchev–Trinajstić information content (AvgIpc) is 2.48. The standard InChI is InChI=1S/C15H10BrClN2O/c16-13-14(17)18-9-19(15(13)20)8-11-6-3-5-10-4-1-2-7-12(10)11/h1-7,9H,8H2. The Hall–Kier alpha value is -1.65. The van der Waals surface area contributed by atoms with Crippen molar-refractivity contribution in [2.45, 2.75) is 6.54 Å². The molecule has 0 bridgehead atoms. The first-order chi connectivity index (χ1) is 9.66. The van der Waals surface area contributed by atoms with E-state index in [0.29, 0.717) is 11.0 Å². The predicted molar refractivity (Wildman–Crippen MR) is 84.3 cm³/mol. The molecule has 0 saturated heterocycles. The van der Waals surface area contributed by atoms with Crippen molar-refractivity contribution in [3.63, 3.8) is 0 Å². The molecule has 0 amide bonds. The van der Waals surface area contributed by atoms with Gasteiger partial charge in [-0.2, -0.15) is 0 Å². The molecule has 0 unspecified atom stereocenters. The Bertz CT molecular complexity index is 839. The lowest BCUT2D eigenvalue weighted by Gasteiger charge is -2.09. The lowest BCUT2D eigenvalue weighted by Crippen LogP contribution is -2.22. The third kappa shape index (κ3) is 2.37. The van der Waals surface area contributed by atoms with Crippen molar-refractivity contribution in [1.29, 1.82) is 0 Å². The van der Waals surface area contributed by atoms with Crippen LogP contribution in [0.5, 0.6) is 0 Å². The maximum absolute atomic E-state index is 12.1. The molecule has 3 aromatic rings. The van der Waals surface area contributed by atoms with Crippen molar-refractivity contribution >= 4 is 38.3 Å². The molecule has 0 atom stereocenters. The minimum absolute atomic E-state index is 0.182. The molecule has 20 heavy (non-hydrogen) atoms. The van der Waals surface area contributed by atoms with Gasteiger partial charge in [0.1, 0.15) is 4.47 Å². The van der Waals surface area contributed by atoms with Gasteiger partial charge in [0.2, 0.25) is 0 Å². The summed E-state index contributed by atoms with van der Waals surface area (Å²) in [7, 11) is 0. The summed E-state index contributed by atoms with van der Waals surface area (Å²) in [5, 5.41) is 2.47. The van der Waals surface area contributed by atoms with E-state index in [1.54, 1.807) is 0 Å². The Morgan fingerprint density at radius 3 is 2.75 bits per heavy atom. The average molecular weight is 350 g/mol. The Kier molecular flexibility index (Phi) is 3.59. The molecule has 2 aromatic carbocycles. The number of rotatable bonds is 2. The second-order valence-corrected chi connectivity index (χ2v) is 5.57. The smallest absolute Gasteiger partial charge is 0.269 e. The molecule has 0 radical (unpaired) electrons. The van der Waals surface area contributed by atoms with E-state index in [1.807, 2.05) is 30.3 Å². The molecule has 0 N–H and O–H groups in total. The maximum Gasteiger partial charge on any atom is 0.269 e. The fourth-order valence-corrected chi connectivity index (χ4v) is 2.62. The lowest BCUT2D eigenvalue weighted by atomic mass is 10.0. The van der Waals surface area contributed by atoms with E-state index in [0.717, 1.165) is 16.3 Å². The summed E-state index contributed by atoms with van der Waals surface area (Å²) < 4.78 is 1.83. The fourth-order valence-electron chi connectivity index (χ4n) is 2.17. The molecular formula is C15H10BrClN2O. The Labute approximate surface area is 129 Å². The molecule has 3 nitrogen and oxygen atoms in total. The SMILES string of the molecule is O=c1c(Br)c(Cl)ncn1Cc1cccc2ccccc12. The van der Waals surface area contributed by atoms with Crippen molar-refractivity contribution in [3.8, 4) is 0 Å². The first kappa shape index (κ1) is 13.3. The van der Waals surface area contributed by atoms with Gasteiger partial charge >= 0.3 is 0 Å². The van der Waals surface area contributed by atoms with Crippen LogP contribution in [-0.4, -0.2) is 9.55 Å². The number of nitrogens with zero attached hydrogens (tertiary/aromatic N) is 2. The highest BCUT2D eigenvalue weighted by molar-refractivity contribution is 9.10. The Balaban J connectivity index is 2.11. The Morgan fingerprint density at radius 2 is 1.90 bits per heavy atom. The fraction of sp³-hybridized carbons (Fsp3) is 0.0667. The first-order valence-corrected chi connectivity index (χ1v) is 7.21. The number of hydrogen-bond acceptors (Lipinski definition) is 2. The quantitative estimate of drug-likeness (QED) is 0.659. The highest BCUT2D eigenvalue weighted by Gasteiger charge is 2.08. The van der Waals surface area contributed by atoms with Gasteiger partial charge in [0.15, 0.2) is 5.15 Å². The van der Waals surface area contributed by atoms with Gasteiger partial charge < -0.3 is 0 Å². The molecule has 0 aliphatic rings. The number of aromatic nitrogens is 2. The van der Waals surface area contributed by atoms with E-state index >= 15 is 0 Å². The van der Waals surface area contributed by atoms with Crippen LogP contribution >= 0.6 is 27.5 Å². The first-order valence-electron chi connectivity index (χ1n) is 6.04. The normalized spacial score (nSPS) is 10.9. The number of halogens is 2. The zero-order chi connectivity index (χ0) is 14.1. The molecule has 0 saturated carbocycles. The van der Waals surface area contributed by atoms with Crippen LogP contribution in [0.25, 0.3) is 10.8 Å². The van der Waals surface area contributed by atoms with Crippen molar-refractivity contribution in [2.24, 2.45) is 0 Å². The van der Waals surface area contributed by atoms with Gasteiger partial charge in [0.25, 0.3) is 5.56 Å². The molecule has 0 fully saturated rings. The van der Waals surface area contributed by atoms with Crippen LogP contribution in [0, 0.1) is 0 Å². The summed E-state index contributed by atoms with van der Waals surface area (Å²) in [6.07, 6.45) is 1.47. The Morgan fingerprint density at radius 1 is 1.15 bits per heavy atom. The van der Waals surface area contributed by atoms with Crippen LogP contribution in [0.3, 0.4) is 0 Å². The van der Waals surface area contributed by atoms with E-state index in [9.17, 15) is 4.79 Å². The summed E-state index contributed by atoms with van der Waals surface area (Å²) in [6, 6.07) is 14.1. The summed E-state index contributed by atoms with van der Waals surface area (Å²) in [6.45, 7) is 0.461. The second kappa shape index (κ2) is 5.38. The highest BCUT2D eigenvalue weighted by atomic mass is 79.9. The van der Waals surface area contributed by atoms with Crippen LogP contribution in [-0.2, 0) is 6.54 Å².